The SMILES string of the molecule is O=C(/C=C/c1ccc(Nc2nccc(NC3CCC(O)CC3)n2)cc1)NO. The van der Waals surface area contributed by atoms with Crippen molar-refractivity contribution in [3.05, 3.63) is 48.2 Å². The summed E-state index contributed by atoms with van der Waals surface area (Å²) in [4.78, 5) is 19.7. The first-order valence-electron chi connectivity index (χ1n) is 8.89. The van der Waals surface area contributed by atoms with Gasteiger partial charge in [-0.05, 0) is 55.5 Å². The number of aliphatic hydroxyl groups is 1. The Kier molecular flexibility index (Phi) is 6.35. The number of rotatable bonds is 6. The van der Waals surface area contributed by atoms with Crippen LogP contribution in [0.5, 0.6) is 0 Å². The Morgan fingerprint density at radius 2 is 1.85 bits per heavy atom. The van der Waals surface area contributed by atoms with Gasteiger partial charge in [0.1, 0.15) is 5.82 Å². The predicted molar refractivity (Wildman–Crippen MR) is 103 cm³/mol. The number of anilines is 3. The molecule has 1 heterocycles. The monoisotopic (exact) mass is 369 g/mol. The molecule has 3 rings (SSSR count). The molecule has 8 nitrogen and oxygen atoms in total. The van der Waals surface area contributed by atoms with Gasteiger partial charge in [-0.2, -0.15) is 4.98 Å². The van der Waals surface area contributed by atoms with Crippen molar-refractivity contribution in [1.82, 2.24) is 15.4 Å². The van der Waals surface area contributed by atoms with Gasteiger partial charge in [-0.1, -0.05) is 12.1 Å². The maximum atomic E-state index is 11.0. The lowest BCUT2D eigenvalue weighted by Gasteiger charge is -2.26. The molecule has 1 aromatic heterocycles. The first kappa shape index (κ1) is 18.8. The number of hydrogen-bond acceptors (Lipinski definition) is 7. The third-order valence-electron chi connectivity index (χ3n) is 4.41. The summed E-state index contributed by atoms with van der Waals surface area (Å²) in [6, 6.07) is 9.51. The molecule has 1 aromatic carbocycles. The van der Waals surface area contributed by atoms with Crippen molar-refractivity contribution < 1.29 is 15.1 Å². The summed E-state index contributed by atoms with van der Waals surface area (Å²) in [6.07, 6.45) is 7.83. The number of benzene rings is 1. The first-order valence-corrected chi connectivity index (χ1v) is 8.89. The third kappa shape index (κ3) is 5.77. The molecule has 1 aliphatic carbocycles. The fraction of sp³-hybridized carbons (Fsp3) is 0.316. The van der Waals surface area contributed by atoms with E-state index in [2.05, 4.69) is 20.6 Å². The van der Waals surface area contributed by atoms with Gasteiger partial charge in [-0.25, -0.2) is 10.5 Å². The predicted octanol–water partition coefficient (Wildman–Crippen LogP) is 2.45. The highest BCUT2D eigenvalue weighted by atomic mass is 16.5. The summed E-state index contributed by atoms with van der Waals surface area (Å²) in [7, 11) is 0. The summed E-state index contributed by atoms with van der Waals surface area (Å²) in [5.74, 6) is 0.657. The van der Waals surface area contributed by atoms with E-state index >= 15 is 0 Å². The van der Waals surface area contributed by atoms with Gasteiger partial charge in [0.15, 0.2) is 0 Å². The maximum absolute atomic E-state index is 11.0. The maximum Gasteiger partial charge on any atom is 0.267 e. The van der Waals surface area contributed by atoms with E-state index in [0.29, 0.717) is 12.0 Å². The van der Waals surface area contributed by atoms with E-state index in [4.69, 9.17) is 5.21 Å². The molecule has 0 radical (unpaired) electrons. The molecule has 0 spiro atoms. The van der Waals surface area contributed by atoms with Gasteiger partial charge in [-0.15, -0.1) is 0 Å². The van der Waals surface area contributed by atoms with Crippen molar-refractivity contribution >= 4 is 29.4 Å². The molecule has 1 aliphatic rings. The summed E-state index contributed by atoms with van der Waals surface area (Å²) in [5, 5.41) is 24.6. The zero-order valence-electron chi connectivity index (χ0n) is 14.8. The second-order valence-electron chi connectivity index (χ2n) is 6.47. The Labute approximate surface area is 157 Å². The van der Waals surface area contributed by atoms with Crippen LogP contribution in [0.4, 0.5) is 17.5 Å². The smallest absolute Gasteiger partial charge is 0.267 e. The Hall–Kier alpha value is -2.97. The Morgan fingerprint density at radius 3 is 2.56 bits per heavy atom. The number of carbonyl (C=O) groups is 1. The fourth-order valence-corrected chi connectivity index (χ4v) is 2.94. The molecule has 2 aromatic rings. The Bertz CT molecular complexity index is 786. The Morgan fingerprint density at radius 1 is 1.11 bits per heavy atom. The highest BCUT2D eigenvalue weighted by molar-refractivity contribution is 5.90. The topological polar surface area (TPSA) is 119 Å². The number of hydroxylamine groups is 1. The van der Waals surface area contributed by atoms with Gasteiger partial charge in [0.25, 0.3) is 5.91 Å². The minimum atomic E-state index is -0.581. The number of nitrogens with zero attached hydrogens (tertiary/aromatic N) is 2. The molecule has 1 saturated carbocycles. The number of nitrogens with one attached hydrogen (secondary N) is 3. The number of aliphatic hydroxyl groups excluding tert-OH is 1. The lowest BCUT2D eigenvalue weighted by Crippen LogP contribution is -2.28. The average molecular weight is 369 g/mol. The third-order valence-corrected chi connectivity index (χ3v) is 4.41. The molecular formula is C19H23N5O3. The zero-order chi connectivity index (χ0) is 19.1. The van der Waals surface area contributed by atoms with Gasteiger partial charge in [0.2, 0.25) is 5.95 Å². The molecule has 27 heavy (non-hydrogen) atoms. The molecule has 1 fully saturated rings. The standard InChI is InChI=1S/C19H23N5O3/c25-16-8-6-14(7-9-16)21-17-11-12-20-19(23-17)22-15-4-1-13(2-5-15)3-10-18(26)24-27/h1-5,10-12,14,16,25,27H,6-9H2,(H,24,26)(H2,20,21,22,23)/b10-3+. The second-order valence-corrected chi connectivity index (χ2v) is 6.47. The Balaban J connectivity index is 1.59. The van der Waals surface area contributed by atoms with Crippen LogP contribution in [0, 0.1) is 0 Å². The number of amides is 1. The van der Waals surface area contributed by atoms with Gasteiger partial charge < -0.3 is 15.7 Å². The van der Waals surface area contributed by atoms with E-state index in [1.807, 2.05) is 30.3 Å². The van der Waals surface area contributed by atoms with E-state index in [9.17, 15) is 9.90 Å². The molecular weight excluding hydrogens is 346 g/mol. The zero-order valence-corrected chi connectivity index (χ0v) is 14.8. The van der Waals surface area contributed by atoms with Crippen LogP contribution in [0.25, 0.3) is 6.08 Å². The van der Waals surface area contributed by atoms with Crippen LogP contribution in [-0.2, 0) is 4.79 Å². The molecule has 1 amide bonds. The van der Waals surface area contributed by atoms with Gasteiger partial charge in [-0.3, -0.25) is 10.0 Å². The van der Waals surface area contributed by atoms with E-state index in [-0.39, 0.29) is 6.10 Å². The highest BCUT2D eigenvalue weighted by Crippen LogP contribution is 2.22. The second kappa shape index (κ2) is 9.11. The van der Waals surface area contributed by atoms with E-state index in [1.54, 1.807) is 17.8 Å². The van der Waals surface area contributed by atoms with Crippen molar-refractivity contribution in [2.24, 2.45) is 0 Å². The molecule has 0 bridgehead atoms. The fourth-order valence-electron chi connectivity index (χ4n) is 2.94. The van der Waals surface area contributed by atoms with Gasteiger partial charge in [0, 0.05) is 24.0 Å². The van der Waals surface area contributed by atoms with Crippen molar-refractivity contribution in [3.63, 3.8) is 0 Å². The molecule has 0 aliphatic heterocycles. The molecule has 0 atom stereocenters. The lowest BCUT2D eigenvalue weighted by atomic mass is 9.93. The number of hydrogen-bond donors (Lipinski definition) is 5. The average Bonchev–Trinajstić information content (AvgIpc) is 2.69. The van der Waals surface area contributed by atoms with Gasteiger partial charge in [0.05, 0.1) is 6.10 Å². The van der Waals surface area contributed by atoms with Crippen molar-refractivity contribution in [2.45, 2.75) is 37.8 Å². The van der Waals surface area contributed by atoms with Gasteiger partial charge >= 0.3 is 0 Å². The van der Waals surface area contributed by atoms with E-state index in [1.165, 1.54) is 6.08 Å². The number of aromatic nitrogens is 2. The molecule has 0 unspecified atom stereocenters. The molecule has 8 heteroatoms. The van der Waals surface area contributed by atoms with Crippen LogP contribution in [0.2, 0.25) is 0 Å². The quantitative estimate of drug-likeness (QED) is 0.301. The van der Waals surface area contributed by atoms with E-state index < -0.39 is 5.91 Å². The van der Waals surface area contributed by atoms with Crippen LogP contribution < -0.4 is 16.1 Å². The summed E-state index contributed by atoms with van der Waals surface area (Å²) >= 11 is 0. The molecule has 142 valence electrons. The van der Waals surface area contributed by atoms with Crippen LogP contribution in [0.1, 0.15) is 31.2 Å². The van der Waals surface area contributed by atoms with Crippen molar-refractivity contribution in [1.29, 1.82) is 0 Å². The van der Waals surface area contributed by atoms with E-state index in [0.717, 1.165) is 42.8 Å². The minimum Gasteiger partial charge on any atom is -0.393 e. The first-order chi connectivity index (χ1) is 13.1. The van der Waals surface area contributed by atoms with Crippen LogP contribution in [-0.4, -0.2) is 38.3 Å². The van der Waals surface area contributed by atoms with Crippen molar-refractivity contribution in [2.75, 3.05) is 10.6 Å². The van der Waals surface area contributed by atoms with Crippen LogP contribution in [0.15, 0.2) is 42.6 Å². The summed E-state index contributed by atoms with van der Waals surface area (Å²) in [6.45, 7) is 0. The summed E-state index contributed by atoms with van der Waals surface area (Å²) in [5.41, 5.74) is 3.18. The normalized spacial score (nSPS) is 19.6. The highest BCUT2D eigenvalue weighted by Gasteiger charge is 2.19. The molecule has 5 N–H and O–H groups in total. The van der Waals surface area contributed by atoms with Crippen LogP contribution >= 0.6 is 0 Å². The summed E-state index contributed by atoms with van der Waals surface area (Å²) < 4.78 is 0. The minimum absolute atomic E-state index is 0.179. The lowest BCUT2D eigenvalue weighted by molar-refractivity contribution is -0.124. The van der Waals surface area contributed by atoms with Crippen molar-refractivity contribution in [3.8, 4) is 0 Å². The van der Waals surface area contributed by atoms with Crippen LogP contribution in [0.3, 0.4) is 0 Å². The molecule has 0 saturated heterocycles. The number of carbonyl (C=O) groups excluding carboxylic acids is 1. The largest absolute Gasteiger partial charge is 0.393 e.